The molecule has 1 aliphatic rings. The third-order valence-corrected chi connectivity index (χ3v) is 5.03. The number of hydrogen-bond donors (Lipinski definition) is 1. The highest BCUT2D eigenvalue weighted by Gasteiger charge is 2.34. The van der Waals surface area contributed by atoms with E-state index in [9.17, 15) is 22.8 Å². The Bertz CT molecular complexity index is 905. The van der Waals surface area contributed by atoms with Crippen LogP contribution in [0.5, 0.6) is 0 Å². The van der Waals surface area contributed by atoms with E-state index in [1.54, 1.807) is 6.07 Å². The highest BCUT2D eigenvalue weighted by Crippen LogP contribution is 2.37. The second kappa shape index (κ2) is 6.81. The molecule has 2 N–H and O–H groups in total. The topological polar surface area (TPSA) is 76.3 Å². The van der Waals surface area contributed by atoms with Gasteiger partial charge in [0, 0.05) is 0 Å². The van der Waals surface area contributed by atoms with Crippen LogP contribution in [0.2, 0.25) is 5.02 Å². The molecule has 2 heterocycles. The number of thioether (sulfide) groups is 1. The normalized spacial score (nSPS) is 14.3. The van der Waals surface area contributed by atoms with Crippen LogP contribution in [0.3, 0.4) is 0 Å². The largest absolute Gasteiger partial charge is 0.417 e. The van der Waals surface area contributed by atoms with Crippen LogP contribution in [0.15, 0.2) is 35.2 Å². The first-order valence-corrected chi connectivity index (χ1v) is 8.63. The third kappa shape index (κ3) is 3.63. The summed E-state index contributed by atoms with van der Waals surface area (Å²) in [6, 6.07) is 6.48. The molecule has 2 aromatic rings. The molecule has 0 saturated heterocycles. The van der Waals surface area contributed by atoms with Gasteiger partial charge in [-0.25, -0.2) is 4.98 Å². The molecule has 0 unspecified atom stereocenters. The van der Waals surface area contributed by atoms with Gasteiger partial charge in [-0.05, 0) is 29.8 Å². The van der Waals surface area contributed by atoms with Gasteiger partial charge in [-0.15, -0.1) is 11.8 Å². The Morgan fingerprint density at radius 2 is 2.04 bits per heavy atom. The van der Waals surface area contributed by atoms with Crippen molar-refractivity contribution >= 4 is 41.0 Å². The van der Waals surface area contributed by atoms with E-state index in [1.807, 2.05) is 0 Å². The minimum absolute atomic E-state index is 0.0314. The minimum atomic E-state index is -4.61. The van der Waals surface area contributed by atoms with E-state index in [2.05, 4.69) is 4.98 Å². The molecule has 2 amide bonds. The van der Waals surface area contributed by atoms with Crippen LogP contribution >= 0.6 is 23.4 Å². The van der Waals surface area contributed by atoms with E-state index in [1.165, 1.54) is 28.8 Å². The van der Waals surface area contributed by atoms with Crippen molar-refractivity contribution in [3.63, 3.8) is 0 Å². The number of amides is 2. The molecule has 1 aliphatic heterocycles. The number of rotatable bonds is 3. The Hall–Kier alpha value is -2.26. The maximum atomic E-state index is 13.0. The SMILES string of the molecule is NC(=O)c1ccc2c(n1)N(Cc1ccc(Cl)c(C(F)(F)F)c1)C(=O)CS2. The lowest BCUT2D eigenvalue weighted by molar-refractivity contribution is -0.137. The fraction of sp³-hybridized carbons (Fsp3) is 0.188. The molecule has 0 fully saturated rings. The van der Waals surface area contributed by atoms with Gasteiger partial charge in [-0.2, -0.15) is 13.2 Å². The van der Waals surface area contributed by atoms with Crippen molar-refractivity contribution in [3.8, 4) is 0 Å². The summed E-state index contributed by atoms with van der Waals surface area (Å²) in [5.74, 6) is -0.780. The van der Waals surface area contributed by atoms with E-state index in [-0.39, 0.29) is 35.3 Å². The van der Waals surface area contributed by atoms with E-state index >= 15 is 0 Å². The van der Waals surface area contributed by atoms with Gasteiger partial charge in [0.2, 0.25) is 5.91 Å². The summed E-state index contributed by atoms with van der Waals surface area (Å²) >= 11 is 6.86. The molecule has 0 atom stereocenters. The number of aromatic nitrogens is 1. The number of hydrogen-bond acceptors (Lipinski definition) is 4. The molecule has 3 rings (SSSR count). The number of primary amides is 1. The highest BCUT2D eigenvalue weighted by molar-refractivity contribution is 8.00. The van der Waals surface area contributed by atoms with E-state index in [4.69, 9.17) is 17.3 Å². The van der Waals surface area contributed by atoms with E-state index < -0.39 is 22.7 Å². The number of benzene rings is 1. The van der Waals surface area contributed by atoms with Gasteiger partial charge in [-0.1, -0.05) is 17.7 Å². The molecular weight excluding hydrogens is 391 g/mol. The van der Waals surface area contributed by atoms with Crippen LogP contribution in [0.25, 0.3) is 0 Å². The number of halogens is 4. The van der Waals surface area contributed by atoms with Gasteiger partial charge in [0.1, 0.15) is 11.5 Å². The standard InChI is InChI=1S/C16H11ClF3N3O2S/c17-10-2-1-8(5-9(10)16(18,19)20)6-23-13(24)7-26-12-4-3-11(14(21)25)22-15(12)23/h1-5H,6-7H2,(H2,21,25). The number of anilines is 1. The Labute approximate surface area is 155 Å². The maximum absolute atomic E-state index is 13.0. The quantitative estimate of drug-likeness (QED) is 0.854. The van der Waals surface area contributed by atoms with Gasteiger partial charge in [0.05, 0.1) is 27.8 Å². The third-order valence-electron chi connectivity index (χ3n) is 3.68. The number of alkyl halides is 3. The summed E-state index contributed by atoms with van der Waals surface area (Å²) < 4.78 is 39.1. The highest BCUT2D eigenvalue weighted by atomic mass is 35.5. The zero-order valence-electron chi connectivity index (χ0n) is 13.0. The molecule has 0 saturated carbocycles. The second-order valence-corrected chi connectivity index (χ2v) is 6.89. The molecule has 5 nitrogen and oxygen atoms in total. The zero-order chi connectivity index (χ0) is 19.1. The maximum Gasteiger partial charge on any atom is 0.417 e. The van der Waals surface area contributed by atoms with Gasteiger partial charge >= 0.3 is 6.18 Å². The number of nitrogens with two attached hydrogens (primary N) is 1. The molecular formula is C16H11ClF3N3O2S. The molecule has 0 radical (unpaired) electrons. The van der Waals surface area contributed by atoms with Gasteiger partial charge in [0.25, 0.3) is 5.91 Å². The predicted octanol–water partition coefficient (Wildman–Crippen LogP) is 3.49. The summed E-state index contributed by atoms with van der Waals surface area (Å²) in [4.78, 5) is 29.6. The fourth-order valence-corrected chi connectivity index (χ4v) is 3.56. The summed E-state index contributed by atoms with van der Waals surface area (Å²) in [6.45, 7) is -0.137. The van der Waals surface area contributed by atoms with Crippen LogP contribution in [0.1, 0.15) is 21.6 Å². The molecule has 26 heavy (non-hydrogen) atoms. The second-order valence-electron chi connectivity index (χ2n) is 5.46. The molecule has 0 bridgehead atoms. The van der Waals surface area contributed by atoms with Crippen LogP contribution in [0.4, 0.5) is 19.0 Å². The number of fused-ring (bicyclic) bond motifs is 1. The van der Waals surface area contributed by atoms with E-state index in [0.717, 1.165) is 12.1 Å². The van der Waals surface area contributed by atoms with Crippen molar-refractivity contribution in [2.45, 2.75) is 17.6 Å². The molecule has 0 aliphatic carbocycles. The van der Waals surface area contributed by atoms with Crippen molar-refractivity contribution in [3.05, 3.63) is 52.2 Å². The lowest BCUT2D eigenvalue weighted by atomic mass is 10.1. The van der Waals surface area contributed by atoms with Crippen LogP contribution in [0, 0.1) is 0 Å². The lowest BCUT2D eigenvalue weighted by Crippen LogP contribution is -2.36. The van der Waals surface area contributed by atoms with Crippen molar-refractivity contribution in [2.24, 2.45) is 5.73 Å². The van der Waals surface area contributed by atoms with Gasteiger partial charge < -0.3 is 5.73 Å². The minimum Gasteiger partial charge on any atom is -0.364 e. The first-order chi connectivity index (χ1) is 12.2. The van der Waals surface area contributed by atoms with Crippen LogP contribution in [-0.2, 0) is 17.5 Å². The summed E-state index contributed by atoms with van der Waals surface area (Å²) in [6.07, 6.45) is -4.61. The fourth-order valence-electron chi connectivity index (χ4n) is 2.45. The first kappa shape index (κ1) is 18.5. The summed E-state index contributed by atoms with van der Waals surface area (Å²) in [5, 5.41) is -0.420. The number of pyridine rings is 1. The number of carbonyl (C=O) groups excluding carboxylic acids is 2. The average molecular weight is 402 g/mol. The Kier molecular flexibility index (Phi) is 4.85. The number of carbonyl (C=O) groups is 2. The van der Waals surface area contributed by atoms with Crippen LogP contribution in [-0.4, -0.2) is 22.6 Å². The molecule has 0 spiro atoms. The van der Waals surface area contributed by atoms with Gasteiger partial charge in [0.15, 0.2) is 0 Å². The summed E-state index contributed by atoms with van der Waals surface area (Å²) in [5.41, 5.74) is 4.44. The van der Waals surface area contributed by atoms with Crippen molar-refractivity contribution in [2.75, 3.05) is 10.7 Å². The van der Waals surface area contributed by atoms with Crippen molar-refractivity contribution < 1.29 is 22.8 Å². The average Bonchev–Trinajstić information content (AvgIpc) is 2.57. The molecule has 1 aromatic heterocycles. The predicted molar refractivity (Wildman–Crippen MR) is 91.1 cm³/mol. The zero-order valence-corrected chi connectivity index (χ0v) is 14.6. The molecule has 136 valence electrons. The van der Waals surface area contributed by atoms with Crippen molar-refractivity contribution in [1.29, 1.82) is 0 Å². The van der Waals surface area contributed by atoms with E-state index in [0.29, 0.717) is 4.90 Å². The monoisotopic (exact) mass is 401 g/mol. The summed E-state index contributed by atoms with van der Waals surface area (Å²) in [7, 11) is 0. The first-order valence-electron chi connectivity index (χ1n) is 7.26. The van der Waals surface area contributed by atoms with Crippen molar-refractivity contribution in [1.82, 2.24) is 4.98 Å². The Morgan fingerprint density at radius 1 is 1.31 bits per heavy atom. The van der Waals surface area contributed by atoms with Gasteiger partial charge in [-0.3, -0.25) is 14.5 Å². The molecule has 1 aromatic carbocycles. The Morgan fingerprint density at radius 3 is 2.69 bits per heavy atom. The molecule has 10 heteroatoms. The number of nitrogens with zero attached hydrogens (tertiary/aromatic N) is 2. The smallest absolute Gasteiger partial charge is 0.364 e. The lowest BCUT2D eigenvalue weighted by Gasteiger charge is -2.28. The Balaban J connectivity index is 1.99. The van der Waals surface area contributed by atoms with Crippen LogP contribution < -0.4 is 10.6 Å².